The second kappa shape index (κ2) is 15.2. The minimum absolute atomic E-state index is 0.0235. The van der Waals surface area contributed by atoms with Gasteiger partial charge in [-0.05, 0) is 13.8 Å². The predicted octanol–water partition coefficient (Wildman–Crippen LogP) is -0.245. The van der Waals surface area contributed by atoms with Crippen molar-refractivity contribution in [2.45, 2.75) is 26.7 Å². The molecule has 0 aromatic heterocycles. The molecule has 0 aliphatic rings. The van der Waals surface area contributed by atoms with Crippen molar-refractivity contribution in [3.8, 4) is 12.1 Å². The summed E-state index contributed by atoms with van der Waals surface area (Å²) < 4.78 is 14.1. The van der Waals surface area contributed by atoms with Crippen LogP contribution in [0.2, 0.25) is 0 Å². The van der Waals surface area contributed by atoms with Gasteiger partial charge >= 0.3 is 23.9 Å². The van der Waals surface area contributed by atoms with Crippen LogP contribution in [-0.2, 0) is 43.1 Å². The zero-order chi connectivity index (χ0) is 22.1. The molecular weight excluding hydrogens is 392 g/mol. The second-order valence-corrected chi connectivity index (χ2v) is 4.58. The monoisotopic (exact) mass is 410 g/mol. The van der Waals surface area contributed by atoms with Crippen molar-refractivity contribution in [1.82, 2.24) is 0 Å². The van der Waals surface area contributed by atoms with Crippen molar-refractivity contribution >= 4 is 35.3 Å². The van der Waals surface area contributed by atoms with Crippen LogP contribution in [0.4, 0.5) is 0 Å². The number of hydrogen-bond donors (Lipinski definition) is 0. The van der Waals surface area contributed by atoms with Gasteiger partial charge in [-0.15, -0.1) is 0 Å². The lowest BCUT2D eigenvalue weighted by Crippen LogP contribution is -2.17. The molecule has 29 heavy (non-hydrogen) atoms. The highest BCUT2D eigenvalue weighted by atomic mass is 16.7. The lowest BCUT2D eigenvalue weighted by Gasteiger charge is -2.02. The van der Waals surface area contributed by atoms with E-state index in [9.17, 15) is 19.2 Å². The molecule has 156 valence electrons. The molecule has 0 aliphatic heterocycles. The molecule has 0 aromatic rings. The van der Waals surface area contributed by atoms with Gasteiger partial charge in [0.05, 0.1) is 39.3 Å². The summed E-state index contributed by atoms with van der Waals surface area (Å²) in [7, 11) is 0. The maximum Gasteiger partial charge on any atom is 0.371 e. The molecule has 0 rings (SSSR count). The van der Waals surface area contributed by atoms with Crippen molar-refractivity contribution in [2.75, 3.05) is 26.4 Å². The summed E-state index contributed by atoms with van der Waals surface area (Å²) in [5, 5.41) is 23.6. The number of rotatable bonds is 12. The Balaban J connectivity index is 4.15. The fourth-order valence-corrected chi connectivity index (χ4v) is 1.30. The molecule has 0 fully saturated rings. The Morgan fingerprint density at radius 2 is 1.14 bits per heavy atom. The zero-order valence-corrected chi connectivity index (χ0v) is 15.7. The second-order valence-electron chi connectivity index (χ2n) is 4.58. The van der Waals surface area contributed by atoms with Crippen LogP contribution in [0.3, 0.4) is 0 Å². The van der Waals surface area contributed by atoms with E-state index in [0.29, 0.717) is 0 Å². The van der Waals surface area contributed by atoms with Crippen LogP contribution in [0, 0.1) is 22.7 Å². The molecule has 0 atom stereocenters. The molecule has 0 bridgehead atoms. The van der Waals surface area contributed by atoms with Crippen molar-refractivity contribution in [3.63, 3.8) is 0 Å². The van der Waals surface area contributed by atoms with Gasteiger partial charge in [0.15, 0.2) is 0 Å². The largest absolute Gasteiger partial charge is 0.461 e. The standard InChI is InChI=1S/C16H18N4O9/c1-3-26-15(23)11(9-17)19-28-13(21)5-7-25-8-6-14(22)29-20-12(10-18)16(24)27-4-2/h3-8H2,1-2H3/b19-11+,20-12+. The highest BCUT2D eigenvalue weighted by Crippen LogP contribution is 1.95. The van der Waals surface area contributed by atoms with Crippen LogP contribution >= 0.6 is 0 Å². The topological polar surface area (TPSA) is 187 Å². The molecule has 0 aliphatic carbocycles. The van der Waals surface area contributed by atoms with Gasteiger partial charge in [0.25, 0.3) is 11.4 Å². The number of ether oxygens (including phenoxy) is 3. The number of nitrogens with zero attached hydrogens (tertiary/aromatic N) is 4. The molecule has 13 nitrogen and oxygen atoms in total. The van der Waals surface area contributed by atoms with Gasteiger partial charge in [0.2, 0.25) is 0 Å². The third kappa shape index (κ3) is 11.5. The highest BCUT2D eigenvalue weighted by molar-refractivity contribution is 6.43. The molecule has 0 radical (unpaired) electrons. The van der Waals surface area contributed by atoms with Crippen LogP contribution in [0.25, 0.3) is 0 Å². The third-order valence-electron chi connectivity index (χ3n) is 2.53. The highest BCUT2D eigenvalue weighted by Gasteiger charge is 2.15. The lowest BCUT2D eigenvalue weighted by molar-refractivity contribution is -0.145. The first-order chi connectivity index (χ1) is 13.9. The van der Waals surface area contributed by atoms with E-state index < -0.39 is 35.3 Å². The van der Waals surface area contributed by atoms with Gasteiger partial charge in [-0.3, -0.25) is 0 Å². The Morgan fingerprint density at radius 1 is 0.759 bits per heavy atom. The molecule has 0 saturated carbocycles. The fourth-order valence-electron chi connectivity index (χ4n) is 1.30. The van der Waals surface area contributed by atoms with Crippen LogP contribution in [-0.4, -0.2) is 61.7 Å². The van der Waals surface area contributed by atoms with Gasteiger partial charge in [-0.1, -0.05) is 10.3 Å². The average molecular weight is 410 g/mol. The van der Waals surface area contributed by atoms with Gasteiger partial charge in [-0.25, -0.2) is 19.2 Å². The van der Waals surface area contributed by atoms with Crippen LogP contribution in [0.15, 0.2) is 10.3 Å². The van der Waals surface area contributed by atoms with Crippen LogP contribution < -0.4 is 0 Å². The fraction of sp³-hybridized carbons (Fsp3) is 0.500. The molecular formula is C16H18N4O9. The number of esters is 2. The summed E-state index contributed by atoms with van der Waals surface area (Å²) in [6.45, 7) is 2.80. The van der Waals surface area contributed by atoms with E-state index in [2.05, 4.69) is 29.5 Å². The van der Waals surface area contributed by atoms with Gasteiger partial charge in [-0.2, -0.15) is 10.5 Å². The maximum atomic E-state index is 11.4. The maximum absolute atomic E-state index is 11.4. The van der Waals surface area contributed by atoms with E-state index in [-0.39, 0.29) is 39.3 Å². The average Bonchev–Trinajstić information content (AvgIpc) is 2.69. The summed E-state index contributed by atoms with van der Waals surface area (Å²) in [5.41, 5.74) is -1.44. The smallest absolute Gasteiger partial charge is 0.371 e. The van der Waals surface area contributed by atoms with Crippen molar-refractivity contribution in [2.24, 2.45) is 10.3 Å². The summed E-state index contributed by atoms with van der Waals surface area (Å²) in [4.78, 5) is 54.1. The first kappa shape index (κ1) is 25.2. The van der Waals surface area contributed by atoms with E-state index in [4.69, 9.17) is 15.3 Å². The SMILES string of the molecule is CCOC(=O)/C(C#N)=N/OC(=O)CCOCCC(=O)O/N=C(\C#N)C(=O)OCC. The molecule has 0 saturated heterocycles. The van der Waals surface area contributed by atoms with Crippen molar-refractivity contribution in [1.29, 1.82) is 10.5 Å². The molecule has 0 heterocycles. The van der Waals surface area contributed by atoms with E-state index >= 15 is 0 Å². The van der Waals surface area contributed by atoms with Gasteiger partial charge in [0.1, 0.15) is 12.1 Å². The number of hydrogen-bond acceptors (Lipinski definition) is 13. The van der Waals surface area contributed by atoms with Gasteiger partial charge < -0.3 is 23.9 Å². The Morgan fingerprint density at radius 3 is 1.45 bits per heavy atom. The van der Waals surface area contributed by atoms with E-state index in [1.165, 1.54) is 26.0 Å². The van der Waals surface area contributed by atoms with Crippen molar-refractivity contribution in [3.05, 3.63) is 0 Å². The molecule has 0 amide bonds. The lowest BCUT2D eigenvalue weighted by atomic mass is 10.4. The summed E-state index contributed by atoms with van der Waals surface area (Å²) in [6, 6.07) is 2.85. The van der Waals surface area contributed by atoms with E-state index in [1.807, 2.05) is 0 Å². The number of carbonyl (C=O) groups excluding carboxylic acids is 4. The molecule has 0 aromatic carbocycles. The third-order valence-corrected chi connectivity index (χ3v) is 2.53. The number of oxime groups is 2. The van der Waals surface area contributed by atoms with E-state index in [1.54, 1.807) is 0 Å². The predicted molar refractivity (Wildman–Crippen MR) is 91.6 cm³/mol. The number of nitriles is 2. The minimum atomic E-state index is -1.03. The van der Waals surface area contributed by atoms with Crippen LogP contribution in [0.5, 0.6) is 0 Å². The summed E-state index contributed by atoms with van der Waals surface area (Å²) in [5.74, 6) is -3.82. The Kier molecular flexibility index (Phi) is 13.2. The first-order valence-electron chi connectivity index (χ1n) is 8.17. The summed E-state index contributed by atoms with van der Waals surface area (Å²) in [6.07, 6.45) is -0.556. The Labute approximate surface area is 165 Å². The van der Waals surface area contributed by atoms with Crippen LogP contribution in [0.1, 0.15) is 26.7 Å². The minimum Gasteiger partial charge on any atom is -0.461 e. The Hall–Kier alpha value is -3.84. The molecule has 0 unspecified atom stereocenters. The van der Waals surface area contributed by atoms with Crippen molar-refractivity contribution < 1.29 is 43.1 Å². The quantitative estimate of drug-likeness (QED) is 0.136. The Bertz CT molecular complexity index is 684. The number of carbonyl (C=O) groups is 4. The normalized spacial score (nSPS) is 10.9. The molecule has 13 heteroatoms. The molecule has 0 spiro atoms. The zero-order valence-electron chi connectivity index (χ0n) is 15.7. The van der Waals surface area contributed by atoms with E-state index in [0.717, 1.165) is 0 Å². The first-order valence-corrected chi connectivity index (χ1v) is 8.17. The van der Waals surface area contributed by atoms with Gasteiger partial charge in [0, 0.05) is 0 Å². The summed E-state index contributed by atoms with van der Waals surface area (Å²) >= 11 is 0. The molecule has 0 N–H and O–H groups in total.